The lowest BCUT2D eigenvalue weighted by Crippen LogP contribution is -2.08. The Morgan fingerprint density at radius 3 is 2.92 bits per heavy atom. The van der Waals surface area contributed by atoms with Gasteiger partial charge in [-0.05, 0) is 19.9 Å². The van der Waals surface area contributed by atoms with Crippen LogP contribution in [0.1, 0.15) is 18.3 Å². The van der Waals surface area contributed by atoms with Gasteiger partial charge in [-0.15, -0.1) is 0 Å². The van der Waals surface area contributed by atoms with Crippen LogP contribution in [0.2, 0.25) is 0 Å². The number of aromatic nitrogens is 2. The summed E-state index contributed by atoms with van der Waals surface area (Å²) in [6.07, 6.45) is 0.0503. The molecule has 1 N–H and O–H groups in total. The molecule has 1 aromatic heterocycles. The fourth-order valence-electron chi connectivity index (χ4n) is 1.17. The quantitative estimate of drug-likeness (QED) is 0.727. The van der Waals surface area contributed by atoms with Gasteiger partial charge in [-0.1, -0.05) is 0 Å². The van der Waals surface area contributed by atoms with Crippen molar-refractivity contribution in [1.29, 1.82) is 0 Å². The maximum atomic E-state index is 10.4. The van der Waals surface area contributed by atoms with E-state index in [9.17, 15) is 4.79 Å². The predicted octanol–water partition coefficient (Wildman–Crippen LogP) is 0.839. The highest BCUT2D eigenvalue weighted by molar-refractivity contribution is 5.69. The van der Waals surface area contributed by atoms with Crippen molar-refractivity contribution >= 4 is 5.97 Å². The summed E-state index contributed by atoms with van der Waals surface area (Å²) in [5.41, 5.74) is 1.63. The van der Waals surface area contributed by atoms with E-state index in [4.69, 9.17) is 5.11 Å². The molecular weight excluding hydrogens is 156 g/mol. The largest absolute Gasteiger partial charge is 0.481 e. The summed E-state index contributed by atoms with van der Waals surface area (Å²) in [7, 11) is 0. The second-order valence-electron chi connectivity index (χ2n) is 2.66. The minimum atomic E-state index is -0.815. The fourth-order valence-corrected chi connectivity index (χ4v) is 1.17. The van der Waals surface area contributed by atoms with E-state index in [-0.39, 0.29) is 6.42 Å². The van der Waals surface area contributed by atoms with E-state index in [2.05, 4.69) is 5.10 Å². The Labute approximate surface area is 70.8 Å². The van der Waals surface area contributed by atoms with E-state index in [1.165, 1.54) is 0 Å². The van der Waals surface area contributed by atoms with Gasteiger partial charge in [-0.2, -0.15) is 5.10 Å². The second-order valence-corrected chi connectivity index (χ2v) is 2.66. The summed E-state index contributed by atoms with van der Waals surface area (Å²) >= 11 is 0. The number of aryl methyl sites for hydroxylation is 2. The normalized spacial score (nSPS) is 10.2. The van der Waals surface area contributed by atoms with Crippen molar-refractivity contribution in [1.82, 2.24) is 9.78 Å². The Hall–Kier alpha value is -1.32. The Bertz CT molecular complexity index is 291. The molecule has 0 aliphatic rings. The van der Waals surface area contributed by atoms with E-state index in [1.807, 2.05) is 13.8 Å². The lowest BCUT2D eigenvalue weighted by atomic mass is 10.3. The minimum absolute atomic E-state index is 0.0503. The lowest BCUT2D eigenvalue weighted by molar-refractivity contribution is -0.136. The molecule has 0 radical (unpaired) electrons. The highest BCUT2D eigenvalue weighted by Gasteiger charge is 2.07. The number of carboxylic acids is 1. The second kappa shape index (κ2) is 3.38. The molecule has 0 bridgehead atoms. The first-order valence-corrected chi connectivity index (χ1v) is 3.88. The molecule has 0 amide bonds. The summed E-state index contributed by atoms with van der Waals surface area (Å²) in [5.74, 6) is -0.815. The zero-order valence-corrected chi connectivity index (χ0v) is 7.24. The number of hydrogen-bond acceptors (Lipinski definition) is 2. The summed E-state index contributed by atoms with van der Waals surface area (Å²) in [5, 5.41) is 12.7. The van der Waals surface area contributed by atoms with Crippen molar-refractivity contribution in [3.63, 3.8) is 0 Å². The molecule has 0 spiro atoms. The van der Waals surface area contributed by atoms with Gasteiger partial charge in [0.15, 0.2) is 0 Å². The standard InChI is InChI=1S/C8H12N2O2/c1-3-10-7(5-8(11)12)4-6(2)9-10/h4H,3,5H2,1-2H3,(H,11,12). The Morgan fingerprint density at radius 2 is 2.42 bits per heavy atom. The Kier molecular flexibility index (Phi) is 2.47. The van der Waals surface area contributed by atoms with E-state index in [0.29, 0.717) is 0 Å². The first kappa shape index (κ1) is 8.77. The number of rotatable bonds is 3. The smallest absolute Gasteiger partial charge is 0.309 e. The van der Waals surface area contributed by atoms with Gasteiger partial charge in [0.05, 0.1) is 12.1 Å². The number of hydrogen-bond donors (Lipinski definition) is 1. The fraction of sp³-hybridized carbons (Fsp3) is 0.500. The first-order valence-electron chi connectivity index (χ1n) is 3.88. The van der Waals surface area contributed by atoms with Crippen molar-refractivity contribution in [3.8, 4) is 0 Å². The molecule has 4 nitrogen and oxygen atoms in total. The minimum Gasteiger partial charge on any atom is -0.481 e. The third-order valence-corrected chi connectivity index (χ3v) is 1.62. The average Bonchev–Trinajstić information content (AvgIpc) is 2.29. The van der Waals surface area contributed by atoms with Crippen LogP contribution in [0.15, 0.2) is 6.07 Å². The van der Waals surface area contributed by atoms with Crippen molar-refractivity contribution in [3.05, 3.63) is 17.5 Å². The van der Waals surface area contributed by atoms with Crippen LogP contribution < -0.4 is 0 Å². The van der Waals surface area contributed by atoms with Crippen molar-refractivity contribution in [2.45, 2.75) is 26.8 Å². The van der Waals surface area contributed by atoms with Crippen LogP contribution in [-0.2, 0) is 17.8 Å². The van der Waals surface area contributed by atoms with Gasteiger partial charge in [-0.25, -0.2) is 0 Å². The van der Waals surface area contributed by atoms with Crippen LogP contribution >= 0.6 is 0 Å². The van der Waals surface area contributed by atoms with E-state index in [1.54, 1.807) is 10.7 Å². The average molecular weight is 168 g/mol. The monoisotopic (exact) mass is 168 g/mol. The third-order valence-electron chi connectivity index (χ3n) is 1.62. The molecule has 1 aromatic rings. The van der Waals surface area contributed by atoms with Crippen LogP contribution in [-0.4, -0.2) is 20.9 Å². The van der Waals surface area contributed by atoms with Crippen LogP contribution in [0.4, 0.5) is 0 Å². The number of carbonyl (C=O) groups is 1. The van der Waals surface area contributed by atoms with Crippen LogP contribution in [0, 0.1) is 6.92 Å². The van der Waals surface area contributed by atoms with E-state index in [0.717, 1.165) is 17.9 Å². The van der Waals surface area contributed by atoms with Gasteiger partial charge in [0.25, 0.3) is 0 Å². The maximum Gasteiger partial charge on any atom is 0.309 e. The van der Waals surface area contributed by atoms with Gasteiger partial charge in [0.2, 0.25) is 0 Å². The molecule has 0 unspecified atom stereocenters. The number of nitrogens with zero attached hydrogens (tertiary/aromatic N) is 2. The molecule has 0 atom stereocenters. The first-order chi connectivity index (χ1) is 5.63. The molecular formula is C8H12N2O2. The Morgan fingerprint density at radius 1 is 1.75 bits per heavy atom. The van der Waals surface area contributed by atoms with Gasteiger partial charge in [-0.3, -0.25) is 9.48 Å². The van der Waals surface area contributed by atoms with Crippen molar-refractivity contribution in [2.75, 3.05) is 0 Å². The molecule has 0 aromatic carbocycles. The van der Waals surface area contributed by atoms with E-state index < -0.39 is 5.97 Å². The lowest BCUT2D eigenvalue weighted by Gasteiger charge is -1.99. The molecule has 0 fully saturated rings. The van der Waals surface area contributed by atoms with Crippen LogP contribution in [0.5, 0.6) is 0 Å². The van der Waals surface area contributed by atoms with Crippen LogP contribution in [0.25, 0.3) is 0 Å². The van der Waals surface area contributed by atoms with Gasteiger partial charge in [0.1, 0.15) is 0 Å². The summed E-state index contributed by atoms with van der Waals surface area (Å²) in [6.45, 7) is 4.52. The topological polar surface area (TPSA) is 55.1 Å². The SMILES string of the molecule is CCn1nc(C)cc1CC(=O)O. The molecule has 0 saturated carbocycles. The highest BCUT2D eigenvalue weighted by atomic mass is 16.4. The van der Waals surface area contributed by atoms with Crippen molar-refractivity contribution in [2.24, 2.45) is 0 Å². The molecule has 4 heteroatoms. The molecule has 0 aliphatic carbocycles. The van der Waals surface area contributed by atoms with Gasteiger partial charge >= 0.3 is 5.97 Å². The van der Waals surface area contributed by atoms with Crippen LogP contribution in [0.3, 0.4) is 0 Å². The molecule has 0 saturated heterocycles. The van der Waals surface area contributed by atoms with E-state index >= 15 is 0 Å². The molecule has 12 heavy (non-hydrogen) atoms. The number of carboxylic acid groups (broad SMARTS) is 1. The maximum absolute atomic E-state index is 10.4. The zero-order chi connectivity index (χ0) is 9.14. The van der Waals surface area contributed by atoms with Gasteiger partial charge < -0.3 is 5.11 Å². The van der Waals surface area contributed by atoms with Gasteiger partial charge in [0, 0.05) is 12.2 Å². The summed E-state index contributed by atoms with van der Waals surface area (Å²) in [6, 6.07) is 1.80. The third kappa shape index (κ3) is 1.84. The van der Waals surface area contributed by atoms with Crippen molar-refractivity contribution < 1.29 is 9.90 Å². The molecule has 1 rings (SSSR count). The zero-order valence-electron chi connectivity index (χ0n) is 7.24. The molecule has 1 heterocycles. The highest BCUT2D eigenvalue weighted by Crippen LogP contribution is 2.04. The predicted molar refractivity (Wildman–Crippen MR) is 44.0 cm³/mol. The Balaban J connectivity index is 2.89. The number of aliphatic carboxylic acids is 1. The molecule has 66 valence electrons. The summed E-state index contributed by atoms with van der Waals surface area (Å²) < 4.78 is 1.71. The summed E-state index contributed by atoms with van der Waals surface area (Å²) in [4.78, 5) is 10.4. The molecule has 0 aliphatic heterocycles.